The minimum absolute atomic E-state index is 0. The quantitative estimate of drug-likeness (QED) is 0.745. The van der Waals surface area contributed by atoms with Gasteiger partial charge in [-0.25, -0.2) is 12.4 Å². The second kappa shape index (κ2) is 7.31. The number of nitrogens with one attached hydrogen (secondary N) is 1. The largest absolute Gasteiger partial charge is 0.368 e. The average Bonchev–Trinajstić information content (AvgIpc) is 3.07. The zero-order valence-corrected chi connectivity index (χ0v) is 16.2. The molecule has 0 spiro atoms. The van der Waals surface area contributed by atoms with Gasteiger partial charge in [-0.3, -0.25) is 0 Å². The van der Waals surface area contributed by atoms with Crippen molar-refractivity contribution in [2.75, 3.05) is 31.1 Å². The summed E-state index contributed by atoms with van der Waals surface area (Å²) in [4.78, 5) is 2.66. The maximum absolute atomic E-state index is 13.2. The Labute approximate surface area is 160 Å². The summed E-state index contributed by atoms with van der Waals surface area (Å²) in [5, 5.41) is 4.32. The molecule has 2 heterocycles. The van der Waals surface area contributed by atoms with Crippen molar-refractivity contribution in [1.29, 1.82) is 0 Å². The zero-order valence-electron chi connectivity index (χ0n) is 14.6. The molecule has 5 nitrogen and oxygen atoms in total. The summed E-state index contributed by atoms with van der Waals surface area (Å²) < 4.78 is 27.7. The van der Waals surface area contributed by atoms with Gasteiger partial charge in [0.25, 0.3) is 10.0 Å². The molecule has 0 radical (unpaired) electrons. The number of piperazine rings is 1. The Morgan fingerprint density at radius 1 is 0.962 bits per heavy atom. The molecular weight excluding hydrogens is 370 g/mol. The first-order valence-corrected chi connectivity index (χ1v) is 9.90. The molecule has 1 aliphatic rings. The average molecular weight is 392 g/mol. The minimum atomic E-state index is -3.61. The Balaban J connectivity index is 0.00000196. The van der Waals surface area contributed by atoms with E-state index in [1.54, 1.807) is 18.3 Å². The van der Waals surface area contributed by atoms with Gasteiger partial charge >= 0.3 is 0 Å². The number of rotatable bonds is 3. The van der Waals surface area contributed by atoms with Crippen LogP contribution in [0.3, 0.4) is 0 Å². The number of aryl methyl sites for hydroxylation is 1. The van der Waals surface area contributed by atoms with Crippen molar-refractivity contribution in [2.45, 2.75) is 11.8 Å². The molecule has 2 aromatic carbocycles. The number of anilines is 1. The number of hydrogen-bond acceptors (Lipinski definition) is 4. The van der Waals surface area contributed by atoms with E-state index >= 15 is 0 Å². The van der Waals surface area contributed by atoms with E-state index in [0.717, 1.165) is 48.3 Å². The highest BCUT2D eigenvalue weighted by Crippen LogP contribution is 2.31. The Kier molecular flexibility index (Phi) is 5.27. The smallest absolute Gasteiger partial charge is 0.268 e. The van der Waals surface area contributed by atoms with Gasteiger partial charge in [0.15, 0.2) is 0 Å². The van der Waals surface area contributed by atoms with Gasteiger partial charge in [-0.1, -0.05) is 24.3 Å². The first kappa shape index (κ1) is 18.8. The summed E-state index contributed by atoms with van der Waals surface area (Å²) in [5.74, 6) is 0. The van der Waals surface area contributed by atoms with E-state index in [1.807, 2.05) is 37.3 Å². The maximum Gasteiger partial charge on any atom is 0.268 e. The maximum atomic E-state index is 13.2. The summed E-state index contributed by atoms with van der Waals surface area (Å²) >= 11 is 0. The number of halogens is 1. The van der Waals surface area contributed by atoms with E-state index in [0.29, 0.717) is 4.90 Å². The van der Waals surface area contributed by atoms with Crippen molar-refractivity contribution < 1.29 is 8.42 Å². The van der Waals surface area contributed by atoms with Crippen LogP contribution in [0.25, 0.3) is 10.9 Å². The van der Waals surface area contributed by atoms with E-state index in [9.17, 15) is 8.42 Å². The third-order valence-electron chi connectivity index (χ3n) is 4.76. The number of fused-ring (bicyclic) bond motifs is 1. The summed E-state index contributed by atoms with van der Waals surface area (Å²) in [6.45, 7) is 5.56. The Hall–Kier alpha value is -2.02. The van der Waals surface area contributed by atoms with Gasteiger partial charge in [-0.2, -0.15) is 0 Å². The fourth-order valence-electron chi connectivity index (χ4n) is 3.47. The standard InChI is InChI=1S/C19H21N3O2S.ClH/c1-15-5-2-3-8-19(15)25(23,24)22-12-9-16-17(6-4-7-18(16)22)21-13-10-20-11-14-21;/h2-9,12,20H,10-11,13-14H2,1H3;1H. The van der Waals surface area contributed by atoms with Crippen molar-refractivity contribution in [3.05, 3.63) is 60.3 Å². The monoisotopic (exact) mass is 391 g/mol. The normalized spacial score (nSPS) is 15.0. The minimum Gasteiger partial charge on any atom is -0.368 e. The van der Waals surface area contributed by atoms with Crippen LogP contribution in [0, 0.1) is 6.92 Å². The molecule has 0 saturated carbocycles. The van der Waals surface area contributed by atoms with Gasteiger partial charge in [-0.15, -0.1) is 12.4 Å². The van der Waals surface area contributed by atoms with Gasteiger partial charge in [-0.05, 0) is 36.8 Å². The number of benzene rings is 2. The molecule has 1 fully saturated rings. The van der Waals surface area contributed by atoms with E-state index < -0.39 is 10.0 Å². The lowest BCUT2D eigenvalue weighted by Crippen LogP contribution is -2.43. The molecule has 1 saturated heterocycles. The highest BCUT2D eigenvalue weighted by molar-refractivity contribution is 7.90. The summed E-state index contributed by atoms with van der Waals surface area (Å²) in [5.41, 5.74) is 2.57. The van der Waals surface area contributed by atoms with Crippen molar-refractivity contribution >= 4 is 39.0 Å². The van der Waals surface area contributed by atoms with E-state index in [1.165, 1.54) is 3.97 Å². The number of hydrogen-bond donors (Lipinski definition) is 1. The third kappa shape index (κ3) is 3.09. The SMILES string of the molecule is Cc1ccccc1S(=O)(=O)n1ccc2c(N3CCNCC3)cccc21.Cl. The van der Waals surface area contributed by atoms with Crippen LogP contribution < -0.4 is 10.2 Å². The second-order valence-electron chi connectivity index (χ2n) is 6.33. The summed E-state index contributed by atoms with van der Waals surface area (Å²) in [6.07, 6.45) is 1.66. The summed E-state index contributed by atoms with van der Waals surface area (Å²) in [6, 6.07) is 14.9. The fourth-order valence-corrected chi connectivity index (χ4v) is 5.05. The predicted octanol–water partition coefficient (Wildman–Crippen LogP) is 3.02. The van der Waals surface area contributed by atoms with E-state index in [2.05, 4.69) is 16.3 Å². The van der Waals surface area contributed by atoms with Crippen LogP contribution >= 0.6 is 12.4 Å². The van der Waals surface area contributed by atoms with Crippen molar-refractivity contribution in [3.8, 4) is 0 Å². The number of nitrogens with zero attached hydrogens (tertiary/aromatic N) is 2. The lowest BCUT2D eigenvalue weighted by molar-refractivity contribution is 0.588. The van der Waals surface area contributed by atoms with Gasteiger partial charge in [0.2, 0.25) is 0 Å². The molecule has 0 unspecified atom stereocenters. The van der Waals surface area contributed by atoms with Crippen LogP contribution in [-0.4, -0.2) is 38.6 Å². The third-order valence-corrected chi connectivity index (χ3v) is 6.61. The van der Waals surface area contributed by atoms with Crippen molar-refractivity contribution in [3.63, 3.8) is 0 Å². The molecular formula is C19H22ClN3O2S. The van der Waals surface area contributed by atoms with Crippen LogP contribution in [0.1, 0.15) is 5.56 Å². The van der Waals surface area contributed by atoms with Crippen molar-refractivity contribution in [1.82, 2.24) is 9.29 Å². The Morgan fingerprint density at radius 3 is 2.42 bits per heavy atom. The molecule has 1 aliphatic heterocycles. The molecule has 138 valence electrons. The molecule has 0 aliphatic carbocycles. The highest BCUT2D eigenvalue weighted by atomic mass is 35.5. The van der Waals surface area contributed by atoms with Crippen LogP contribution in [0.4, 0.5) is 5.69 Å². The molecule has 1 aromatic heterocycles. The molecule has 0 atom stereocenters. The van der Waals surface area contributed by atoms with E-state index in [-0.39, 0.29) is 12.4 Å². The van der Waals surface area contributed by atoms with Gasteiger partial charge in [0, 0.05) is 43.4 Å². The Morgan fingerprint density at radius 2 is 1.69 bits per heavy atom. The topological polar surface area (TPSA) is 54.3 Å². The molecule has 26 heavy (non-hydrogen) atoms. The highest BCUT2D eigenvalue weighted by Gasteiger charge is 2.22. The predicted molar refractivity (Wildman–Crippen MR) is 108 cm³/mol. The number of aromatic nitrogens is 1. The summed E-state index contributed by atoms with van der Waals surface area (Å²) in [7, 11) is -3.61. The van der Waals surface area contributed by atoms with Gasteiger partial charge < -0.3 is 10.2 Å². The van der Waals surface area contributed by atoms with E-state index in [4.69, 9.17) is 0 Å². The lowest BCUT2D eigenvalue weighted by Gasteiger charge is -2.30. The van der Waals surface area contributed by atoms with Crippen molar-refractivity contribution in [2.24, 2.45) is 0 Å². The molecule has 1 N–H and O–H groups in total. The second-order valence-corrected chi connectivity index (χ2v) is 8.11. The van der Waals surface area contributed by atoms with Crippen LogP contribution in [0.5, 0.6) is 0 Å². The Bertz CT molecular complexity index is 1020. The first-order chi connectivity index (χ1) is 12.1. The van der Waals surface area contributed by atoms with Crippen LogP contribution in [0.2, 0.25) is 0 Å². The van der Waals surface area contributed by atoms with Crippen LogP contribution in [0.15, 0.2) is 59.6 Å². The van der Waals surface area contributed by atoms with Gasteiger partial charge in [0.05, 0.1) is 10.4 Å². The first-order valence-electron chi connectivity index (χ1n) is 8.46. The zero-order chi connectivity index (χ0) is 17.4. The lowest BCUT2D eigenvalue weighted by atomic mass is 10.2. The molecule has 4 rings (SSSR count). The molecule has 0 bridgehead atoms. The van der Waals surface area contributed by atoms with Crippen LogP contribution in [-0.2, 0) is 10.0 Å². The molecule has 3 aromatic rings. The fraction of sp³-hybridized carbons (Fsp3) is 0.263. The molecule has 0 amide bonds. The molecule has 7 heteroatoms. The van der Waals surface area contributed by atoms with Gasteiger partial charge in [0.1, 0.15) is 0 Å².